The maximum Gasteiger partial charge on any atom is 0.0444 e. The lowest BCUT2D eigenvalue weighted by Crippen LogP contribution is -2.78. The molecule has 0 spiro atoms. The van der Waals surface area contributed by atoms with E-state index < -0.39 is 11.1 Å². The van der Waals surface area contributed by atoms with Gasteiger partial charge in [-0.3, -0.25) is 0 Å². The quantitative estimate of drug-likeness (QED) is 0.652. The zero-order valence-electron chi connectivity index (χ0n) is 11.4. The molecule has 0 fully saturated rings. The van der Waals surface area contributed by atoms with Crippen LogP contribution < -0.4 is 17.2 Å². The number of rotatable bonds is 2. The van der Waals surface area contributed by atoms with Crippen LogP contribution in [0.3, 0.4) is 0 Å². The van der Waals surface area contributed by atoms with Crippen molar-refractivity contribution in [3.05, 3.63) is 0 Å². The van der Waals surface area contributed by atoms with E-state index in [0.717, 1.165) is 0 Å². The highest BCUT2D eigenvalue weighted by molar-refractivity contribution is 5.16. The van der Waals surface area contributed by atoms with Crippen molar-refractivity contribution in [3.8, 4) is 0 Å². The van der Waals surface area contributed by atoms with Crippen molar-refractivity contribution in [2.75, 3.05) is 6.54 Å². The van der Waals surface area contributed by atoms with Gasteiger partial charge in [0.15, 0.2) is 0 Å². The minimum absolute atomic E-state index is 0.103. The first-order chi connectivity index (χ1) is 6.31. The molecule has 1 atom stereocenters. The van der Waals surface area contributed by atoms with Crippen LogP contribution in [0, 0.1) is 10.8 Å². The second-order valence-electron chi connectivity index (χ2n) is 6.93. The van der Waals surface area contributed by atoms with Crippen LogP contribution in [0.1, 0.15) is 48.5 Å². The van der Waals surface area contributed by atoms with Gasteiger partial charge >= 0.3 is 0 Å². The van der Waals surface area contributed by atoms with Crippen LogP contribution in [0.5, 0.6) is 0 Å². The van der Waals surface area contributed by atoms with E-state index in [1.807, 2.05) is 6.92 Å². The summed E-state index contributed by atoms with van der Waals surface area (Å²) in [7, 11) is 0. The Bertz CT molecular complexity index is 204. The molecule has 0 aromatic rings. The Labute approximate surface area is 94.8 Å². The predicted octanol–water partition coefficient (Wildman–Crippen LogP) is 1.45. The van der Waals surface area contributed by atoms with Gasteiger partial charge in [-0.15, -0.1) is 0 Å². The largest absolute Gasteiger partial charge is 0.329 e. The molecule has 1 unspecified atom stereocenters. The van der Waals surface area contributed by atoms with Gasteiger partial charge in [0, 0.05) is 17.6 Å². The molecule has 15 heavy (non-hydrogen) atoms. The molecule has 3 heteroatoms. The molecular weight excluding hydrogens is 186 g/mol. The molecule has 92 valence electrons. The van der Waals surface area contributed by atoms with Crippen molar-refractivity contribution in [3.63, 3.8) is 0 Å². The van der Waals surface area contributed by atoms with E-state index in [9.17, 15) is 0 Å². The van der Waals surface area contributed by atoms with Crippen molar-refractivity contribution in [1.82, 2.24) is 0 Å². The van der Waals surface area contributed by atoms with Gasteiger partial charge in [0.2, 0.25) is 0 Å². The molecule has 0 rings (SSSR count). The average Bonchev–Trinajstić information content (AvgIpc) is 1.98. The molecule has 0 heterocycles. The fourth-order valence-corrected chi connectivity index (χ4v) is 3.00. The van der Waals surface area contributed by atoms with Crippen molar-refractivity contribution in [2.45, 2.75) is 59.5 Å². The molecule has 0 aliphatic rings. The first-order valence-electron chi connectivity index (χ1n) is 5.59. The van der Waals surface area contributed by atoms with Crippen molar-refractivity contribution >= 4 is 0 Å². The number of hydrogen-bond acceptors (Lipinski definition) is 3. The minimum atomic E-state index is -0.580. The van der Waals surface area contributed by atoms with Crippen molar-refractivity contribution in [2.24, 2.45) is 28.0 Å². The van der Waals surface area contributed by atoms with Crippen LogP contribution in [0.2, 0.25) is 0 Å². The molecule has 0 bridgehead atoms. The lowest BCUT2D eigenvalue weighted by Gasteiger charge is -2.59. The van der Waals surface area contributed by atoms with Gasteiger partial charge in [0.1, 0.15) is 0 Å². The third kappa shape index (κ3) is 2.19. The third-order valence-electron chi connectivity index (χ3n) is 3.69. The van der Waals surface area contributed by atoms with Gasteiger partial charge in [-0.1, -0.05) is 41.5 Å². The highest BCUT2D eigenvalue weighted by Gasteiger charge is 2.56. The SMILES string of the molecule is CC(C)(C)C(N)(C(C)(C)C)C(C)(N)CN. The Morgan fingerprint density at radius 2 is 1.00 bits per heavy atom. The van der Waals surface area contributed by atoms with E-state index in [1.54, 1.807) is 0 Å². The molecule has 3 nitrogen and oxygen atoms in total. The van der Waals surface area contributed by atoms with Crippen LogP contribution in [0.4, 0.5) is 0 Å². The van der Waals surface area contributed by atoms with E-state index >= 15 is 0 Å². The molecule has 0 aromatic heterocycles. The monoisotopic (exact) mass is 215 g/mol. The molecule has 0 aliphatic heterocycles. The topological polar surface area (TPSA) is 78.1 Å². The normalized spacial score (nSPS) is 18.8. The first-order valence-corrected chi connectivity index (χ1v) is 5.59. The number of hydrogen-bond donors (Lipinski definition) is 3. The molecule has 0 aromatic carbocycles. The van der Waals surface area contributed by atoms with Gasteiger partial charge in [-0.2, -0.15) is 0 Å². The van der Waals surface area contributed by atoms with Gasteiger partial charge in [0.05, 0.1) is 0 Å². The van der Waals surface area contributed by atoms with E-state index in [2.05, 4.69) is 41.5 Å². The van der Waals surface area contributed by atoms with E-state index in [1.165, 1.54) is 0 Å². The van der Waals surface area contributed by atoms with Gasteiger partial charge in [-0.05, 0) is 17.8 Å². The van der Waals surface area contributed by atoms with Crippen LogP contribution >= 0.6 is 0 Å². The minimum Gasteiger partial charge on any atom is -0.329 e. The fraction of sp³-hybridized carbons (Fsp3) is 1.00. The smallest absolute Gasteiger partial charge is 0.0444 e. The molecule has 6 N–H and O–H groups in total. The highest BCUT2D eigenvalue weighted by atomic mass is 15.0. The summed E-state index contributed by atoms with van der Waals surface area (Å²) in [6.45, 7) is 15.1. The zero-order chi connectivity index (χ0) is 12.7. The van der Waals surface area contributed by atoms with Crippen molar-refractivity contribution in [1.29, 1.82) is 0 Å². The van der Waals surface area contributed by atoms with E-state index in [-0.39, 0.29) is 10.8 Å². The molecule has 0 amide bonds. The second-order valence-corrected chi connectivity index (χ2v) is 6.93. The summed E-state index contributed by atoms with van der Waals surface area (Å²) in [5.74, 6) is 0. The van der Waals surface area contributed by atoms with Crippen LogP contribution in [0.25, 0.3) is 0 Å². The Balaban J connectivity index is 5.65. The maximum atomic E-state index is 6.64. The summed E-state index contributed by atoms with van der Waals surface area (Å²) in [5.41, 5.74) is 17.4. The van der Waals surface area contributed by atoms with Gasteiger partial charge < -0.3 is 17.2 Å². The maximum absolute atomic E-state index is 6.64. The summed E-state index contributed by atoms with van der Waals surface area (Å²) in [6.07, 6.45) is 0. The lowest BCUT2D eigenvalue weighted by atomic mass is 9.53. The Morgan fingerprint density at radius 3 is 1.07 bits per heavy atom. The predicted molar refractivity (Wildman–Crippen MR) is 67.5 cm³/mol. The van der Waals surface area contributed by atoms with Crippen molar-refractivity contribution < 1.29 is 0 Å². The van der Waals surface area contributed by atoms with E-state index in [4.69, 9.17) is 17.2 Å². The lowest BCUT2D eigenvalue weighted by molar-refractivity contribution is -0.00281. The Morgan fingerprint density at radius 1 is 0.733 bits per heavy atom. The summed E-state index contributed by atoms with van der Waals surface area (Å²) in [5, 5.41) is 0. The van der Waals surface area contributed by atoms with Gasteiger partial charge in [0.25, 0.3) is 0 Å². The summed E-state index contributed by atoms with van der Waals surface area (Å²) < 4.78 is 0. The molecule has 0 radical (unpaired) electrons. The van der Waals surface area contributed by atoms with Crippen LogP contribution in [-0.4, -0.2) is 17.6 Å². The average molecular weight is 215 g/mol. The molecular formula is C12H29N3. The van der Waals surface area contributed by atoms with Crippen LogP contribution in [-0.2, 0) is 0 Å². The zero-order valence-corrected chi connectivity index (χ0v) is 11.4. The summed E-state index contributed by atoms with van der Waals surface area (Å²) in [6, 6.07) is 0. The number of nitrogens with two attached hydrogens (primary N) is 3. The second kappa shape index (κ2) is 3.72. The molecule has 0 saturated heterocycles. The highest BCUT2D eigenvalue weighted by Crippen LogP contribution is 2.47. The van der Waals surface area contributed by atoms with Crippen LogP contribution in [0.15, 0.2) is 0 Å². The van der Waals surface area contributed by atoms with Gasteiger partial charge in [-0.25, -0.2) is 0 Å². The third-order valence-corrected chi connectivity index (χ3v) is 3.69. The molecule has 0 saturated carbocycles. The fourth-order valence-electron chi connectivity index (χ4n) is 3.00. The summed E-state index contributed by atoms with van der Waals surface area (Å²) >= 11 is 0. The Kier molecular flexibility index (Phi) is 3.69. The van der Waals surface area contributed by atoms with E-state index in [0.29, 0.717) is 6.54 Å². The summed E-state index contributed by atoms with van der Waals surface area (Å²) in [4.78, 5) is 0. The Hall–Kier alpha value is -0.120. The standard InChI is InChI=1S/C12H29N3/c1-9(2,3)12(15,10(4,5)6)11(7,14)8-13/h8,13-15H2,1-7H3. The first kappa shape index (κ1) is 14.9. The molecule has 0 aliphatic carbocycles.